The van der Waals surface area contributed by atoms with Crippen molar-refractivity contribution in [3.05, 3.63) is 93.8 Å². The number of hydrogen-bond donors (Lipinski definition) is 0. The highest BCUT2D eigenvalue weighted by Crippen LogP contribution is 2.25. The van der Waals surface area contributed by atoms with Crippen molar-refractivity contribution >= 4 is 33.2 Å². The first-order valence-corrected chi connectivity index (χ1v) is 11.9. The monoisotopic (exact) mass is 471 g/mol. The summed E-state index contributed by atoms with van der Waals surface area (Å²) in [5, 5.41) is 0.339. The van der Waals surface area contributed by atoms with Crippen LogP contribution in [-0.2, 0) is 31.5 Å². The molecule has 2 aromatic carbocycles. The summed E-state index contributed by atoms with van der Waals surface area (Å²) in [6, 6.07) is 14.3. The van der Waals surface area contributed by atoms with E-state index in [1.54, 1.807) is 49.5 Å². The SMILES string of the molecule is COC(=O)CCc1ccc(S(=O)(=O)Cc2ccc(Cl)cc2C(=O)c2cccnc2C)cc1. The summed E-state index contributed by atoms with van der Waals surface area (Å²) in [6.07, 6.45) is 2.25. The number of carbonyl (C=O) groups excluding carboxylic acids is 2. The molecule has 3 rings (SSSR count). The molecule has 0 unspecified atom stereocenters. The highest BCUT2D eigenvalue weighted by atomic mass is 35.5. The summed E-state index contributed by atoms with van der Waals surface area (Å²) < 4.78 is 30.7. The number of ketones is 1. The van der Waals surface area contributed by atoms with Gasteiger partial charge < -0.3 is 4.74 Å². The maximum absolute atomic E-state index is 13.1. The molecule has 0 saturated heterocycles. The molecule has 0 saturated carbocycles. The fourth-order valence-corrected chi connectivity index (χ4v) is 4.81. The maximum Gasteiger partial charge on any atom is 0.305 e. The minimum absolute atomic E-state index is 0.130. The quantitative estimate of drug-likeness (QED) is 0.358. The number of halogens is 1. The summed E-state index contributed by atoms with van der Waals surface area (Å²) >= 11 is 6.11. The zero-order valence-corrected chi connectivity index (χ0v) is 19.2. The van der Waals surface area contributed by atoms with E-state index in [2.05, 4.69) is 9.72 Å². The van der Waals surface area contributed by atoms with Crippen molar-refractivity contribution in [3.8, 4) is 0 Å². The van der Waals surface area contributed by atoms with Crippen LogP contribution in [0.15, 0.2) is 65.7 Å². The molecule has 8 heteroatoms. The molecular weight excluding hydrogens is 450 g/mol. The second kappa shape index (κ2) is 10.1. The van der Waals surface area contributed by atoms with Gasteiger partial charge in [-0.15, -0.1) is 0 Å². The van der Waals surface area contributed by atoms with E-state index in [0.717, 1.165) is 5.56 Å². The first-order valence-electron chi connectivity index (χ1n) is 9.84. The fraction of sp³-hybridized carbons (Fsp3) is 0.208. The molecule has 1 heterocycles. The lowest BCUT2D eigenvalue weighted by Gasteiger charge is -2.12. The van der Waals surface area contributed by atoms with Crippen molar-refractivity contribution in [2.24, 2.45) is 0 Å². The number of sulfone groups is 1. The van der Waals surface area contributed by atoms with Crippen molar-refractivity contribution in [2.75, 3.05) is 7.11 Å². The molecule has 0 aliphatic heterocycles. The van der Waals surface area contributed by atoms with E-state index in [-0.39, 0.29) is 34.4 Å². The molecule has 0 N–H and O–H groups in total. The lowest BCUT2D eigenvalue weighted by Crippen LogP contribution is -2.12. The van der Waals surface area contributed by atoms with Crippen LogP contribution in [0.4, 0.5) is 0 Å². The summed E-state index contributed by atoms with van der Waals surface area (Å²) in [5.74, 6) is -1.02. The van der Waals surface area contributed by atoms with E-state index < -0.39 is 9.84 Å². The van der Waals surface area contributed by atoms with Gasteiger partial charge in [-0.1, -0.05) is 29.8 Å². The first-order chi connectivity index (χ1) is 15.2. The molecule has 32 heavy (non-hydrogen) atoms. The fourth-order valence-electron chi connectivity index (χ4n) is 3.26. The third kappa shape index (κ3) is 5.60. The Morgan fingerprint density at radius 2 is 1.75 bits per heavy atom. The standard InChI is InChI=1S/C24H22ClNO5S/c1-16-21(4-3-13-26-16)24(28)22-14-19(25)9-8-18(22)15-32(29,30)20-10-5-17(6-11-20)7-12-23(27)31-2/h3-6,8-11,13-14H,7,12,15H2,1-2H3. The number of aromatic nitrogens is 1. The van der Waals surface area contributed by atoms with E-state index in [1.165, 1.54) is 25.3 Å². The molecule has 1 aromatic heterocycles. The number of esters is 1. The van der Waals surface area contributed by atoms with E-state index in [1.807, 2.05) is 0 Å². The third-order valence-corrected chi connectivity index (χ3v) is 6.96. The van der Waals surface area contributed by atoms with Crippen LogP contribution >= 0.6 is 11.6 Å². The van der Waals surface area contributed by atoms with E-state index in [4.69, 9.17) is 11.6 Å². The van der Waals surface area contributed by atoms with Crippen LogP contribution in [0.3, 0.4) is 0 Å². The number of pyridine rings is 1. The topological polar surface area (TPSA) is 90.4 Å². The second-order valence-corrected chi connectivity index (χ2v) is 9.67. The van der Waals surface area contributed by atoms with Crippen LogP contribution in [-0.4, -0.2) is 32.3 Å². The highest BCUT2D eigenvalue weighted by Gasteiger charge is 2.22. The number of methoxy groups -OCH3 is 1. The van der Waals surface area contributed by atoms with Crippen molar-refractivity contribution < 1.29 is 22.7 Å². The number of carbonyl (C=O) groups is 2. The van der Waals surface area contributed by atoms with Gasteiger partial charge in [0.2, 0.25) is 0 Å². The minimum Gasteiger partial charge on any atom is -0.469 e. The zero-order valence-electron chi connectivity index (χ0n) is 17.7. The normalized spacial score (nSPS) is 11.2. The molecule has 0 spiro atoms. The third-order valence-electron chi connectivity index (χ3n) is 5.04. The van der Waals surface area contributed by atoms with Crippen LogP contribution in [0.5, 0.6) is 0 Å². The molecule has 3 aromatic rings. The molecule has 0 amide bonds. The Balaban J connectivity index is 1.87. The van der Waals surface area contributed by atoms with Gasteiger partial charge in [0.1, 0.15) is 0 Å². The van der Waals surface area contributed by atoms with Gasteiger partial charge in [-0.2, -0.15) is 0 Å². The van der Waals surface area contributed by atoms with Crippen molar-refractivity contribution in [1.29, 1.82) is 0 Å². The summed E-state index contributed by atoms with van der Waals surface area (Å²) in [7, 11) is -2.41. The minimum atomic E-state index is -3.73. The van der Waals surface area contributed by atoms with Crippen molar-refractivity contribution in [2.45, 2.75) is 30.4 Å². The largest absolute Gasteiger partial charge is 0.469 e. The molecule has 0 fully saturated rings. The zero-order chi connectivity index (χ0) is 23.3. The smallest absolute Gasteiger partial charge is 0.305 e. The molecule has 0 atom stereocenters. The molecule has 0 radical (unpaired) electrons. The molecular formula is C24H22ClNO5S. The number of ether oxygens (including phenoxy) is 1. The summed E-state index contributed by atoms with van der Waals surface area (Å²) in [4.78, 5) is 28.7. The Morgan fingerprint density at radius 3 is 2.41 bits per heavy atom. The van der Waals surface area contributed by atoms with E-state index >= 15 is 0 Å². The van der Waals surface area contributed by atoms with Crippen LogP contribution < -0.4 is 0 Å². The lowest BCUT2D eigenvalue weighted by molar-refractivity contribution is -0.140. The van der Waals surface area contributed by atoms with Gasteiger partial charge >= 0.3 is 5.97 Å². The van der Waals surface area contributed by atoms with Crippen LogP contribution in [0.2, 0.25) is 5.02 Å². The molecule has 6 nitrogen and oxygen atoms in total. The maximum atomic E-state index is 13.1. The predicted octanol–water partition coefficient (Wildman–Crippen LogP) is 4.35. The van der Waals surface area contributed by atoms with Gasteiger partial charge in [-0.05, 0) is 60.9 Å². The Hall–Kier alpha value is -3.03. The van der Waals surface area contributed by atoms with Gasteiger partial charge in [0.15, 0.2) is 15.6 Å². The second-order valence-electron chi connectivity index (χ2n) is 7.25. The van der Waals surface area contributed by atoms with Gasteiger partial charge in [0.05, 0.1) is 17.8 Å². The average molecular weight is 472 g/mol. The number of hydrogen-bond acceptors (Lipinski definition) is 6. The number of rotatable bonds is 8. The van der Waals surface area contributed by atoms with Crippen LogP contribution in [0.1, 0.15) is 39.2 Å². The van der Waals surface area contributed by atoms with Crippen LogP contribution in [0.25, 0.3) is 0 Å². The summed E-state index contributed by atoms with van der Waals surface area (Å²) in [6.45, 7) is 1.72. The lowest BCUT2D eigenvalue weighted by atomic mass is 9.98. The molecule has 0 bridgehead atoms. The van der Waals surface area contributed by atoms with Crippen molar-refractivity contribution in [1.82, 2.24) is 4.98 Å². The molecule has 166 valence electrons. The first kappa shape index (κ1) is 23.6. The van der Waals surface area contributed by atoms with E-state index in [9.17, 15) is 18.0 Å². The Bertz CT molecular complexity index is 1250. The Labute approximate surface area is 192 Å². The van der Waals surface area contributed by atoms with Crippen LogP contribution in [0, 0.1) is 6.92 Å². The van der Waals surface area contributed by atoms with Gasteiger partial charge in [0, 0.05) is 34.5 Å². The van der Waals surface area contributed by atoms with Gasteiger partial charge in [-0.3, -0.25) is 14.6 Å². The van der Waals surface area contributed by atoms with Crippen molar-refractivity contribution in [3.63, 3.8) is 0 Å². The average Bonchev–Trinajstić information content (AvgIpc) is 2.78. The number of aryl methyl sites for hydroxylation is 2. The molecule has 0 aliphatic rings. The van der Waals surface area contributed by atoms with E-state index in [0.29, 0.717) is 28.3 Å². The predicted molar refractivity (Wildman–Crippen MR) is 122 cm³/mol. The van der Waals surface area contributed by atoms with Gasteiger partial charge in [0.25, 0.3) is 0 Å². The number of benzene rings is 2. The highest BCUT2D eigenvalue weighted by molar-refractivity contribution is 7.90. The van der Waals surface area contributed by atoms with Gasteiger partial charge in [-0.25, -0.2) is 8.42 Å². The Kier molecular flexibility index (Phi) is 7.43. The molecule has 0 aliphatic carbocycles. The summed E-state index contributed by atoms with van der Waals surface area (Å²) in [5.41, 5.74) is 2.35. The Morgan fingerprint density at radius 1 is 1.03 bits per heavy atom. The number of nitrogens with zero attached hydrogens (tertiary/aromatic N) is 1.